The maximum atomic E-state index is 4.48. The van der Waals surface area contributed by atoms with Crippen LogP contribution in [-0.2, 0) is 6.42 Å². The first-order valence-electron chi connectivity index (χ1n) is 11.2. The van der Waals surface area contributed by atoms with Crippen LogP contribution in [0.5, 0.6) is 0 Å². The van der Waals surface area contributed by atoms with Crippen LogP contribution in [0.1, 0.15) is 30.9 Å². The monoisotopic (exact) mass is 420 g/mol. The number of allylic oxidation sites excluding steroid dienone is 5. The highest BCUT2D eigenvalue weighted by Crippen LogP contribution is 2.41. The van der Waals surface area contributed by atoms with Crippen LogP contribution in [0, 0.1) is 6.92 Å². The van der Waals surface area contributed by atoms with Crippen LogP contribution in [0.15, 0.2) is 121 Å². The van der Waals surface area contributed by atoms with Crippen LogP contribution in [0.2, 0.25) is 0 Å². The highest BCUT2D eigenvalue weighted by Gasteiger charge is 2.31. The molecule has 1 aliphatic heterocycles. The van der Waals surface area contributed by atoms with Crippen molar-refractivity contribution in [1.29, 1.82) is 0 Å². The zero-order chi connectivity index (χ0) is 22.7. The lowest BCUT2D eigenvalue weighted by Crippen LogP contribution is -2.36. The zero-order valence-electron chi connectivity index (χ0n) is 19.2. The summed E-state index contributed by atoms with van der Waals surface area (Å²) in [6.45, 7) is 17.2. The Labute approximate surface area is 192 Å². The third-order valence-corrected chi connectivity index (χ3v) is 6.65. The number of benzene rings is 2. The molecule has 0 spiro atoms. The second-order valence-corrected chi connectivity index (χ2v) is 8.79. The smallest absolute Gasteiger partial charge is 0.0782 e. The Morgan fingerprint density at radius 1 is 1.03 bits per heavy atom. The van der Waals surface area contributed by atoms with Gasteiger partial charge in [0.25, 0.3) is 0 Å². The summed E-state index contributed by atoms with van der Waals surface area (Å²) in [5, 5.41) is 7.22. The van der Waals surface area contributed by atoms with Gasteiger partial charge in [0.2, 0.25) is 0 Å². The van der Waals surface area contributed by atoms with Crippen molar-refractivity contribution in [3.8, 4) is 0 Å². The van der Waals surface area contributed by atoms with Gasteiger partial charge in [0.15, 0.2) is 0 Å². The zero-order valence-corrected chi connectivity index (χ0v) is 19.2. The van der Waals surface area contributed by atoms with E-state index in [0.717, 1.165) is 36.2 Å². The van der Waals surface area contributed by atoms with Crippen molar-refractivity contribution in [2.24, 2.45) is 0 Å². The number of para-hydroxylation sites is 2. The van der Waals surface area contributed by atoms with E-state index in [4.69, 9.17) is 0 Å². The van der Waals surface area contributed by atoms with Crippen LogP contribution in [0.3, 0.4) is 0 Å². The minimum Gasteiger partial charge on any atom is -0.371 e. The van der Waals surface area contributed by atoms with Crippen molar-refractivity contribution in [3.05, 3.63) is 132 Å². The third kappa shape index (κ3) is 4.13. The van der Waals surface area contributed by atoms with Crippen LogP contribution >= 0.6 is 0 Å². The fraction of sp³-hybridized carbons (Fsp3) is 0.200. The first-order chi connectivity index (χ1) is 15.4. The van der Waals surface area contributed by atoms with Gasteiger partial charge in [0, 0.05) is 6.20 Å². The van der Waals surface area contributed by atoms with E-state index in [1.165, 1.54) is 33.4 Å². The van der Waals surface area contributed by atoms with Crippen molar-refractivity contribution in [3.63, 3.8) is 0 Å². The van der Waals surface area contributed by atoms with E-state index in [-0.39, 0.29) is 0 Å². The van der Waals surface area contributed by atoms with Gasteiger partial charge in [0.05, 0.1) is 16.9 Å². The maximum absolute atomic E-state index is 4.48. The Bertz CT molecular complexity index is 1170. The molecule has 162 valence electrons. The van der Waals surface area contributed by atoms with Gasteiger partial charge in [-0.2, -0.15) is 0 Å². The van der Waals surface area contributed by atoms with Crippen LogP contribution in [0.25, 0.3) is 0 Å². The molecule has 2 aliphatic rings. The standard InChI is InChI=1S/C30H32N2/c1-6-23-20-31-28-14-10-11-15-29(28)32-30(5,7-2)27-19-25(16-17-26(23)27)22(4)18-24-13-9-8-12-21(24)3/h6-15,19-20,31-32H,1-2,4,16-18H2,3,5H3/b23-20-. The summed E-state index contributed by atoms with van der Waals surface area (Å²) >= 11 is 0. The summed E-state index contributed by atoms with van der Waals surface area (Å²) in [5.74, 6) is 0. The predicted octanol–water partition coefficient (Wildman–Crippen LogP) is 7.66. The molecule has 1 aliphatic carbocycles. The van der Waals surface area contributed by atoms with Gasteiger partial charge >= 0.3 is 0 Å². The molecule has 0 fully saturated rings. The highest BCUT2D eigenvalue weighted by atomic mass is 15.0. The first kappa shape index (κ1) is 21.7. The normalized spacial score (nSPS) is 21.7. The molecule has 1 heterocycles. The summed E-state index contributed by atoms with van der Waals surface area (Å²) in [4.78, 5) is 0. The highest BCUT2D eigenvalue weighted by molar-refractivity contribution is 5.74. The number of aryl methyl sites for hydroxylation is 1. The van der Waals surface area contributed by atoms with Gasteiger partial charge in [-0.3, -0.25) is 0 Å². The quantitative estimate of drug-likeness (QED) is 0.485. The summed E-state index contributed by atoms with van der Waals surface area (Å²) < 4.78 is 0. The van der Waals surface area contributed by atoms with E-state index in [1.54, 1.807) is 0 Å². The molecule has 0 aromatic heterocycles. The molecule has 0 amide bonds. The van der Waals surface area contributed by atoms with E-state index in [0.29, 0.717) is 0 Å². The molecular weight excluding hydrogens is 388 g/mol. The second-order valence-electron chi connectivity index (χ2n) is 8.79. The van der Waals surface area contributed by atoms with Crippen molar-refractivity contribution < 1.29 is 0 Å². The van der Waals surface area contributed by atoms with Gasteiger partial charge in [-0.25, -0.2) is 0 Å². The van der Waals surface area contributed by atoms with Crippen LogP contribution < -0.4 is 10.6 Å². The molecule has 2 aromatic rings. The third-order valence-electron chi connectivity index (χ3n) is 6.65. The fourth-order valence-corrected chi connectivity index (χ4v) is 4.57. The van der Waals surface area contributed by atoms with Gasteiger partial charge in [0.1, 0.15) is 0 Å². The van der Waals surface area contributed by atoms with Crippen molar-refractivity contribution >= 4 is 11.4 Å². The molecule has 0 saturated heterocycles. The Morgan fingerprint density at radius 2 is 1.75 bits per heavy atom. The maximum Gasteiger partial charge on any atom is 0.0782 e. The summed E-state index contributed by atoms with van der Waals surface area (Å²) in [5.41, 5.74) is 10.4. The predicted molar refractivity (Wildman–Crippen MR) is 139 cm³/mol. The lowest BCUT2D eigenvalue weighted by atomic mass is 9.77. The molecule has 2 nitrogen and oxygen atoms in total. The molecule has 1 atom stereocenters. The molecule has 32 heavy (non-hydrogen) atoms. The van der Waals surface area contributed by atoms with E-state index < -0.39 is 5.54 Å². The number of fused-ring (bicyclic) bond motifs is 1. The van der Waals surface area contributed by atoms with Crippen molar-refractivity contribution in [2.75, 3.05) is 10.6 Å². The number of anilines is 2. The number of hydrogen-bond acceptors (Lipinski definition) is 2. The number of rotatable bonds is 5. The average molecular weight is 421 g/mol. The Morgan fingerprint density at radius 3 is 2.47 bits per heavy atom. The summed E-state index contributed by atoms with van der Waals surface area (Å²) in [6, 6.07) is 16.8. The van der Waals surface area contributed by atoms with Crippen LogP contribution in [0.4, 0.5) is 11.4 Å². The summed E-state index contributed by atoms with van der Waals surface area (Å²) in [6.07, 6.45) is 11.1. The van der Waals surface area contributed by atoms with Gasteiger partial charge in [-0.1, -0.05) is 67.8 Å². The van der Waals surface area contributed by atoms with E-state index in [1.807, 2.05) is 18.2 Å². The largest absolute Gasteiger partial charge is 0.371 e. The van der Waals surface area contributed by atoms with Crippen molar-refractivity contribution in [2.45, 2.75) is 38.6 Å². The van der Waals surface area contributed by atoms with E-state index in [9.17, 15) is 0 Å². The van der Waals surface area contributed by atoms with E-state index in [2.05, 4.69) is 99.0 Å². The lowest BCUT2D eigenvalue weighted by molar-refractivity contribution is 0.732. The molecule has 0 bridgehead atoms. The van der Waals surface area contributed by atoms with Crippen LogP contribution in [-0.4, -0.2) is 5.54 Å². The average Bonchev–Trinajstić information content (AvgIpc) is 2.86. The van der Waals surface area contributed by atoms with Gasteiger partial charge in [-0.05, 0) is 84.2 Å². The topological polar surface area (TPSA) is 24.1 Å². The van der Waals surface area contributed by atoms with Gasteiger partial charge in [-0.15, -0.1) is 6.58 Å². The molecule has 2 heteroatoms. The lowest BCUT2D eigenvalue weighted by Gasteiger charge is -2.35. The fourth-order valence-electron chi connectivity index (χ4n) is 4.57. The molecule has 2 N–H and O–H groups in total. The second kappa shape index (κ2) is 8.92. The Kier molecular flexibility index (Phi) is 6.05. The minimum absolute atomic E-state index is 0.436. The molecule has 0 saturated carbocycles. The molecular formula is C30H32N2. The van der Waals surface area contributed by atoms with Gasteiger partial charge < -0.3 is 10.6 Å². The molecule has 2 aromatic carbocycles. The first-order valence-corrected chi connectivity index (χ1v) is 11.2. The molecule has 0 radical (unpaired) electrons. The Balaban J connectivity index is 1.79. The Hall–Kier alpha value is -3.52. The number of hydrogen-bond donors (Lipinski definition) is 2. The summed E-state index contributed by atoms with van der Waals surface area (Å²) in [7, 11) is 0. The SMILES string of the molecule is C=C/C1=C/Nc2ccccc2NC(C)(C=C)C2=C1CCC(C(=C)Cc1ccccc1C)=C2. The van der Waals surface area contributed by atoms with E-state index >= 15 is 0 Å². The minimum atomic E-state index is -0.436. The molecule has 1 unspecified atom stereocenters. The van der Waals surface area contributed by atoms with Crippen molar-refractivity contribution in [1.82, 2.24) is 0 Å². The molecule has 4 rings (SSSR count). The number of nitrogens with one attached hydrogen (secondary N) is 2.